The summed E-state index contributed by atoms with van der Waals surface area (Å²) in [6.07, 6.45) is 4.01. The second-order valence-corrected chi connectivity index (χ2v) is 4.18. The predicted octanol–water partition coefficient (Wildman–Crippen LogP) is 3.84. The maximum absolute atomic E-state index is 11.7. The lowest BCUT2D eigenvalue weighted by atomic mass is 9.97. The maximum atomic E-state index is 11.7. The number of rotatable bonds is 6. The number of benzene rings is 1. The molecule has 1 rings (SSSR count). The van der Waals surface area contributed by atoms with Crippen LogP contribution in [0.1, 0.15) is 39.5 Å². The maximum Gasteiger partial charge on any atom is 0.224 e. The fourth-order valence-electron chi connectivity index (χ4n) is 1.85. The van der Waals surface area contributed by atoms with E-state index in [-0.39, 0.29) is 5.91 Å². The van der Waals surface area contributed by atoms with Crippen molar-refractivity contribution in [1.29, 1.82) is 0 Å². The molecule has 1 aromatic rings. The van der Waals surface area contributed by atoms with Crippen molar-refractivity contribution in [3.05, 3.63) is 30.3 Å². The summed E-state index contributed by atoms with van der Waals surface area (Å²) in [7, 11) is 0. The monoisotopic (exact) mass is 219 g/mol. The molecular formula is C14H21NO. The van der Waals surface area contributed by atoms with E-state index in [0.717, 1.165) is 24.9 Å². The van der Waals surface area contributed by atoms with Crippen molar-refractivity contribution in [2.24, 2.45) is 5.92 Å². The molecule has 0 unspecified atom stereocenters. The van der Waals surface area contributed by atoms with E-state index >= 15 is 0 Å². The van der Waals surface area contributed by atoms with Gasteiger partial charge in [0, 0.05) is 12.1 Å². The molecule has 1 N–H and O–H groups in total. The Balaban J connectivity index is 2.41. The van der Waals surface area contributed by atoms with Gasteiger partial charge in [-0.2, -0.15) is 0 Å². The molecule has 0 spiro atoms. The van der Waals surface area contributed by atoms with E-state index in [1.807, 2.05) is 30.3 Å². The molecule has 1 atom stereocenters. The molecule has 0 heterocycles. The van der Waals surface area contributed by atoms with Gasteiger partial charge in [-0.1, -0.05) is 51.3 Å². The van der Waals surface area contributed by atoms with Crippen LogP contribution in [0, 0.1) is 5.92 Å². The SMILES string of the molecule is CCC[C@@H](CC)CC(=O)Nc1ccccc1. The Morgan fingerprint density at radius 3 is 2.50 bits per heavy atom. The summed E-state index contributed by atoms with van der Waals surface area (Å²) < 4.78 is 0. The Morgan fingerprint density at radius 1 is 1.25 bits per heavy atom. The predicted molar refractivity (Wildman–Crippen MR) is 68.4 cm³/mol. The van der Waals surface area contributed by atoms with Gasteiger partial charge in [-0.3, -0.25) is 4.79 Å². The number of carbonyl (C=O) groups excluding carboxylic acids is 1. The zero-order valence-electron chi connectivity index (χ0n) is 10.2. The second kappa shape index (κ2) is 7.04. The van der Waals surface area contributed by atoms with Gasteiger partial charge in [0.05, 0.1) is 0 Å². The summed E-state index contributed by atoms with van der Waals surface area (Å²) >= 11 is 0. The molecule has 0 bridgehead atoms. The molecule has 16 heavy (non-hydrogen) atoms. The molecule has 2 nitrogen and oxygen atoms in total. The largest absolute Gasteiger partial charge is 0.326 e. The zero-order valence-corrected chi connectivity index (χ0v) is 10.2. The number of amides is 1. The van der Waals surface area contributed by atoms with Crippen molar-refractivity contribution < 1.29 is 4.79 Å². The van der Waals surface area contributed by atoms with Crippen molar-refractivity contribution in [1.82, 2.24) is 0 Å². The molecule has 1 amide bonds. The summed E-state index contributed by atoms with van der Waals surface area (Å²) in [5.74, 6) is 0.653. The van der Waals surface area contributed by atoms with Gasteiger partial charge in [-0.05, 0) is 18.1 Å². The molecule has 0 saturated carbocycles. The van der Waals surface area contributed by atoms with Crippen molar-refractivity contribution in [3.8, 4) is 0 Å². The van der Waals surface area contributed by atoms with Crippen LogP contribution >= 0.6 is 0 Å². The van der Waals surface area contributed by atoms with Crippen molar-refractivity contribution >= 4 is 11.6 Å². The Kier molecular flexibility index (Phi) is 5.62. The molecule has 0 aliphatic rings. The van der Waals surface area contributed by atoms with Gasteiger partial charge in [0.1, 0.15) is 0 Å². The molecule has 1 aromatic carbocycles. The molecule has 0 fully saturated rings. The number of para-hydroxylation sites is 1. The fourth-order valence-corrected chi connectivity index (χ4v) is 1.85. The minimum absolute atomic E-state index is 0.131. The standard InChI is InChI=1S/C14H21NO/c1-3-8-12(4-2)11-14(16)15-13-9-6-5-7-10-13/h5-7,9-10,12H,3-4,8,11H2,1-2H3,(H,15,16)/t12-/m1/s1. The Bertz CT molecular complexity index is 308. The third-order valence-corrected chi connectivity index (χ3v) is 2.81. The van der Waals surface area contributed by atoms with Crippen LogP contribution in [0.25, 0.3) is 0 Å². The van der Waals surface area contributed by atoms with Gasteiger partial charge in [0.25, 0.3) is 0 Å². The third-order valence-electron chi connectivity index (χ3n) is 2.81. The number of nitrogens with one attached hydrogen (secondary N) is 1. The van der Waals surface area contributed by atoms with E-state index < -0.39 is 0 Å². The first-order valence-corrected chi connectivity index (χ1v) is 6.11. The van der Waals surface area contributed by atoms with Crippen molar-refractivity contribution in [2.45, 2.75) is 39.5 Å². The molecule has 88 valence electrons. The smallest absolute Gasteiger partial charge is 0.224 e. The first-order chi connectivity index (χ1) is 7.76. The van der Waals surface area contributed by atoms with E-state index in [2.05, 4.69) is 19.2 Å². The van der Waals surface area contributed by atoms with Gasteiger partial charge in [-0.25, -0.2) is 0 Å². The summed E-state index contributed by atoms with van der Waals surface area (Å²) in [4.78, 5) is 11.7. The summed E-state index contributed by atoms with van der Waals surface area (Å²) in [6.45, 7) is 4.31. The Morgan fingerprint density at radius 2 is 1.94 bits per heavy atom. The molecule has 0 aromatic heterocycles. The third kappa shape index (κ3) is 4.47. The first kappa shape index (κ1) is 12.8. The van der Waals surface area contributed by atoms with Gasteiger partial charge in [0.2, 0.25) is 5.91 Å². The van der Waals surface area contributed by atoms with Gasteiger partial charge < -0.3 is 5.32 Å². The molecule has 0 radical (unpaired) electrons. The number of hydrogen-bond donors (Lipinski definition) is 1. The van der Waals surface area contributed by atoms with Crippen LogP contribution in [0.5, 0.6) is 0 Å². The highest BCUT2D eigenvalue weighted by Crippen LogP contribution is 2.16. The minimum atomic E-state index is 0.131. The zero-order chi connectivity index (χ0) is 11.8. The lowest BCUT2D eigenvalue weighted by Gasteiger charge is -2.13. The molecule has 2 heteroatoms. The quantitative estimate of drug-likeness (QED) is 0.773. The van der Waals surface area contributed by atoms with Crippen molar-refractivity contribution in [2.75, 3.05) is 5.32 Å². The normalized spacial score (nSPS) is 12.1. The topological polar surface area (TPSA) is 29.1 Å². The van der Waals surface area contributed by atoms with Crippen LogP contribution in [-0.4, -0.2) is 5.91 Å². The molecule has 0 aliphatic heterocycles. The first-order valence-electron chi connectivity index (χ1n) is 6.11. The van der Waals surface area contributed by atoms with Crippen LogP contribution in [0.15, 0.2) is 30.3 Å². The van der Waals surface area contributed by atoms with Crippen LogP contribution < -0.4 is 5.32 Å². The van der Waals surface area contributed by atoms with Gasteiger partial charge in [-0.15, -0.1) is 0 Å². The van der Waals surface area contributed by atoms with Crippen LogP contribution in [-0.2, 0) is 4.79 Å². The Hall–Kier alpha value is -1.31. The van der Waals surface area contributed by atoms with E-state index in [4.69, 9.17) is 0 Å². The average molecular weight is 219 g/mol. The van der Waals surface area contributed by atoms with E-state index in [1.54, 1.807) is 0 Å². The van der Waals surface area contributed by atoms with Gasteiger partial charge >= 0.3 is 0 Å². The molecular weight excluding hydrogens is 198 g/mol. The second-order valence-electron chi connectivity index (χ2n) is 4.18. The Labute approximate surface area is 98.1 Å². The highest BCUT2D eigenvalue weighted by atomic mass is 16.1. The highest BCUT2D eigenvalue weighted by Gasteiger charge is 2.11. The summed E-state index contributed by atoms with van der Waals surface area (Å²) in [5.41, 5.74) is 0.888. The van der Waals surface area contributed by atoms with Crippen LogP contribution in [0.2, 0.25) is 0 Å². The van der Waals surface area contributed by atoms with Crippen molar-refractivity contribution in [3.63, 3.8) is 0 Å². The summed E-state index contributed by atoms with van der Waals surface area (Å²) in [5, 5.41) is 2.93. The lowest BCUT2D eigenvalue weighted by molar-refractivity contribution is -0.117. The number of hydrogen-bond acceptors (Lipinski definition) is 1. The number of anilines is 1. The lowest BCUT2D eigenvalue weighted by Crippen LogP contribution is -2.16. The van der Waals surface area contributed by atoms with Crippen LogP contribution in [0.3, 0.4) is 0 Å². The highest BCUT2D eigenvalue weighted by molar-refractivity contribution is 5.90. The van der Waals surface area contributed by atoms with E-state index in [9.17, 15) is 4.79 Å². The van der Waals surface area contributed by atoms with Gasteiger partial charge in [0.15, 0.2) is 0 Å². The molecule has 0 saturated heterocycles. The summed E-state index contributed by atoms with van der Waals surface area (Å²) in [6, 6.07) is 9.64. The number of carbonyl (C=O) groups is 1. The van der Waals surface area contributed by atoms with E-state index in [1.165, 1.54) is 0 Å². The van der Waals surface area contributed by atoms with Crippen LogP contribution in [0.4, 0.5) is 5.69 Å². The van der Waals surface area contributed by atoms with E-state index in [0.29, 0.717) is 12.3 Å². The fraction of sp³-hybridized carbons (Fsp3) is 0.500. The molecule has 0 aliphatic carbocycles. The average Bonchev–Trinajstić information content (AvgIpc) is 2.29. The minimum Gasteiger partial charge on any atom is -0.326 e.